The standard InChI is InChI=1S/C8H13FN4O2S/c1-16(14,15)4-2-3-11-7-6(9)5-12-8(10)13-7/h5H,2-4H2,1H3,(H3,10,11,12,13). The number of sulfone groups is 1. The smallest absolute Gasteiger partial charge is 0.222 e. The van der Waals surface area contributed by atoms with Crippen LogP contribution in [-0.2, 0) is 9.84 Å². The van der Waals surface area contributed by atoms with Crippen molar-refractivity contribution in [2.24, 2.45) is 0 Å². The Kier molecular flexibility index (Phi) is 3.99. The van der Waals surface area contributed by atoms with Gasteiger partial charge in [-0.25, -0.2) is 17.8 Å². The zero-order valence-corrected chi connectivity index (χ0v) is 9.59. The molecule has 0 aliphatic heterocycles. The Morgan fingerprint density at radius 3 is 2.88 bits per heavy atom. The van der Waals surface area contributed by atoms with E-state index >= 15 is 0 Å². The van der Waals surface area contributed by atoms with Gasteiger partial charge in [0.15, 0.2) is 11.6 Å². The van der Waals surface area contributed by atoms with Crippen molar-refractivity contribution in [3.05, 3.63) is 12.0 Å². The number of nitrogens with zero attached hydrogens (tertiary/aromatic N) is 2. The molecule has 0 radical (unpaired) electrons. The minimum absolute atomic E-state index is 0.0130. The van der Waals surface area contributed by atoms with E-state index < -0.39 is 15.7 Å². The Morgan fingerprint density at radius 1 is 1.56 bits per heavy atom. The van der Waals surface area contributed by atoms with E-state index in [-0.39, 0.29) is 17.5 Å². The van der Waals surface area contributed by atoms with Crippen LogP contribution in [-0.4, -0.2) is 36.9 Å². The van der Waals surface area contributed by atoms with Crippen molar-refractivity contribution in [2.75, 3.05) is 29.6 Å². The van der Waals surface area contributed by atoms with Crippen LogP contribution in [0.2, 0.25) is 0 Å². The fourth-order valence-corrected chi connectivity index (χ4v) is 1.71. The van der Waals surface area contributed by atoms with Crippen LogP contribution in [0.4, 0.5) is 16.2 Å². The summed E-state index contributed by atoms with van der Waals surface area (Å²) in [5, 5.41) is 2.66. The van der Waals surface area contributed by atoms with Gasteiger partial charge in [0.2, 0.25) is 5.95 Å². The predicted molar refractivity (Wildman–Crippen MR) is 59.2 cm³/mol. The van der Waals surface area contributed by atoms with Crippen LogP contribution in [0.5, 0.6) is 0 Å². The van der Waals surface area contributed by atoms with Gasteiger partial charge in [-0.15, -0.1) is 0 Å². The van der Waals surface area contributed by atoms with Crippen LogP contribution in [0, 0.1) is 5.82 Å². The third-order valence-electron chi connectivity index (χ3n) is 1.75. The molecule has 0 spiro atoms. The lowest BCUT2D eigenvalue weighted by atomic mass is 10.4. The highest BCUT2D eigenvalue weighted by molar-refractivity contribution is 7.90. The van der Waals surface area contributed by atoms with Crippen LogP contribution in [0.3, 0.4) is 0 Å². The van der Waals surface area contributed by atoms with E-state index in [1.54, 1.807) is 0 Å². The summed E-state index contributed by atoms with van der Waals surface area (Å²) in [7, 11) is -2.99. The van der Waals surface area contributed by atoms with E-state index in [2.05, 4.69) is 15.3 Å². The Balaban J connectivity index is 2.46. The molecule has 0 fully saturated rings. The Hall–Kier alpha value is -1.44. The highest BCUT2D eigenvalue weighted by Crippen LogP contribution is 2.09. The molecule has 1 aromatic rings. The number of hydrogen-bond acceptors (Lipinski definition) is 6. The number of rotatable bonds is 5. The highest BCUT2D eigenvalue weighted by Gasteiger charge is 2.05. The second-order valence-corrected chi connectivity index (χ2v) is 5.59. The first-order chi connectivity index (χ1) is 7.38. The molecule has 3 N–H and O–H groups in total. The number of nitrogens with two attached hydrogens (primary N) is 1. The first-order valence-electron chi connectivity index (χ1n) is 4.58. The summed E-state index contributed by atoms with van der Waals surface area (Å²) in [6.45, 7) is 0.306. The predicted octanol–water partition coefficient (Wildman–Crippen LogP) is 0.0445. The second-order valence-electron chi connectivity index (χ2n) is 3.33. The number of aromatic nitrogens is 2. The molecule has 0 aliphatic carbocycles. The third-order valence-corrected chi connectivity index (χ3v) is 2.78. The van der Waals surface area contributed by atoms with Gasteiger partial charge in [0.25, 0.3) is 0 Å². The van der Waals surface area contributed by atoms with Crippen molar-refractivity contribution in [1.82, 2.24) is 9.97 Å². The maximum Gasteiger partial charge on any atom is 0.222 e. The molecule has 0 atom stereocenters. The van der Waals surface area contributed by atoms with Crippen molar-refractivity contribution < 1.29 is 12.8 Å². The van der Waals surface area contributed by atoms with Gasteiger partial charge in [-0.3, -0.25) is 0 Å². The van der Waals surface area contributed by atoms with E-state index in [0.717, 1.165) is 12.5 Å². The molecule has 6 nitrogen and oxygen atoms in total. The fraction of sp³-hybridized carbons (Fsp3) is 0.500. The summed E-state index contributed by atoms with van der Waals surface area (Å²) >= 11 is 0. The molecule has 1 rings (SSSR count). The zero-order valence-electron chi connectivity index (χ0n) is 8.77. The van der Waals surface area contributed by atoms with E-state index in [1.165, 1.54) is 0 Å². The van der Waals surface area contributed by atoms with Crippen LogP contribution >= 0.6 is 0 Å². The van der Waals surface area contributed by atoms with Crippen molar-refractivity contribution >= 4 is 21.6 Å². The quantitative estimate of drug-likeness (QED) is 0.714. The molecule has 0 aromatic carbocycles. The molecule has 90 valence electrons. The number of nitrogen functional groups attached to an aromatic ring is 1. The molecule has 0 aliphatic rings. The third kappa shape index (κ3) is 4.39. The highest BCUT2D eigenvalue weighted by atomic mass is 32.2. The number of nitrogens with one attached hydrogen (secondary N) is 1. The first-order valence-corrected chi connectivity index (χ1v) is 6.64. The molecule has 0 unspecified atom stereocenters. The lowest BCUT2D eigenvalue weighted by Gasteiger charge is -2.05. The fourth-order valence-electron chi connectivity index (χ4n) is 1.05. The second kappa shape index (κ2) is 5.06. The monoisotopic (exact) mass is 248 g/mol. The van der Waals surface area contributed by atoms with Gasteiger partial charge in [-0.1, -0.05) is 0 Å². The zero-order chi connectivity index (χ0) is 12.2. The normalized spacial score (nSPS) is 11.4. The maximum atomic E-state index is 13.1. The van der Waals surface area contributed by atoms with E-state index in [9.17, 15) is 12.8 Å². The van der Waals surface area contributed by atoms with Gasteiger partial charge in [-0.05, 0) is 6.42 Å². The van der Waals surface area contributed by atoms with Crippen molar-refractivity contribution in [1.29, 1.82) is 0 Å². The summed E-state index contributed by atoms with van der Waals surface area (Å²) in [5.74, 6) is -0.621. The summed E-state index contributed by atoms with van der Waals surface area (Å²) in [5.41, 5.74) is 5.28. The van der Waals surface area contributed by atoms with E-state index in [0.29, 0.717) is 13.0 Å². The van der Waals surface area contributed by atoms with Crippen LogP contribution in [0.25, 0.3) is 0 Å². The summed E-state index contributed by atoms with van der Waals surface area (Å²) in [4.78, 5) is 7.10. The Morgan fingerprint density at radius 2 is 2.25 bits per heavy atom. The van der Waals surface area contributed by atoms with Crippen molar-refractivity contribution in [3.8, 4) is 0 Å². The SMILES string of the molecule is CS(=O)(=O)CCCNc1nc(N)ncc1F. The van der Waals surface area contributed by atoms with Gasteiger partial charge >= 0.3 is 0 Å². The van der Waals surface area contributed by atoms with Gasteiger partial charge in [0.1, 0.15) is 9.84 Å². The minimum Gasteiger partial charge on any atom is -0.368 e. The molecule has 0 saturated heterocycles. The van der Waals surface area contributed by atoms with Crippen LogP contribution < -0.4 is 11.1 Å². The molecule has 0 bridgehead atoms. The Bertz CT molecular complexity index is 463. The molecule has 8 heteroatoms. The summed E-state index contributed by atoms with van der Waals surface area (Å²) < 4.78 is 34.7. The van der Waals surface area contributed by atoms with Gasteiger partial charge in [-0.2, -0.15) is 4.98 Å². The topological polar surface area (TPSA) is 98.0 Å². The summed E-state index contributed by atoms with van der Waals surface area (Å²) in [6.07, 6.45) is 2.49. The minimum atomic E-state index is -2.99. The lowest BCUT2D eigenvalue weighted by Crippen LogP contribution is -2.12. The number of hydrogen-bond donors (Lipinski definition) is 2. The van der Waals surface area contributed by atoms with Crippen LogP contribution in [0.1, 0.15) is 6.42 Å². The molecular weight excluding hydrogens is 235 g/mol. The first kappa shape index (κ1) is 12.6. The summed E-state index contributed by atoms with van der Waals surface area (Å²) in [6, 6.07) is 0. The van der Waals surface area contributed by atoms with E-state index in [1.807, 2.05) is 0 Å². The van der Waals surface area contributed by atoms with Crippen molar-refractivity contribution in [3.63, 3.8) is 0 Å². The van der Waals surface area contributed by atoms with Crippen LogP contribution in [0.15, 0.2) is 6.20 Å². The number of halogens is 1. The molecule has 0 saturated carbocycles. The average molecular weight is 248 g/mol. The van der Waals surface area contributed by atoms with Gasteiger partial charge < -0.3 is 11.1 Å². The molecule has 1 aromatic heterocycles. The molecule has 1 heterocycles. The van der Waals surface area contributed by atoms with E-state index in [4.69, 9.17) is 5.73 Å². The lowest BCUT2D eigenvalue weighted by molar-refractivity contribution is 0.599. The number of anilines is 2. The molecular formula is C8H13FN4O2S. The molecule has 0 amide bonds. The van der Waals surface area contributed by atoms with Gasteiger partial charge in [0, 0.05) is 12.8 Å². The van der Waals surface area contributed by atoms with Gasteiger partial charge in [0.05, 0.1) is 11.9 Å². The van der Waals surface area contributed by atoms with Crippen molar-refractivity contribution in [2.45, 2.75) is 6.42 Å². The molecule has 16 heavy (non-hydrogen) atoms. The maximum absolute atomic E-state index is 13.1. The largest absolute Gasteiger partial charge is 0.368 e. The average Bonchev–Trinajstić information content (AvgIpc) is 2.16. The Labute approximate surface area is 93.0 Å².